The number of nitrogens with zero attached hydrogens (tertiary/aromatic N) is 2. The maximum atomic E-state index is 14.2. The lowest BCUT2D eigenvalue weighted by molar-refractivity contribution is -0.288. The summed E-state index contributed by atoms with van der Waals surface area (Å²) in [5.41, 5.74) is 3.27. The number of carbonyl (C=O) groups excluding carboxylic acids is 7. The van der Waals surface area contributed by atoms with Crippen LogP contribution in [-0.2, 0) is 80.8 Å². The number of hydrogen-bond acceptors (Lipinski definition) is 22. The van der Waals surface area contributed by atoms with Gasteiger partial charge in [-0.25, -0.2) is 4.98 Å². The minimum absolute atomic E-state index is 0.168. The van der Waals surface area contributed by atoms with Crippen molar-refractivity contribution in [2.45, 2.75) is 71.2 Å². The lowest BCUT2D eigenvalue weighted by Gasteiger charge is -2.44. The summed E-state index contributed by atoms with van der Waals surface area (Å²) < 4.78 is 79.8. The molecule has 0 bridgehead atoms. The smallest absolute Gasteiger partial charge is 0.303 e. The van der Waals surface area contributed by atoms with Crippen LogP contribution in [0, 0.1) is 6.92 Å². The van der Waals surface area contributed by atoms with Crippen LogP contribution in [0.2, 0.25) is 0 Å². The fraction of sp³-hybridized carbons (Fsp3) is 0.500. The zero-order valence-corrected chi connectivity index (χ0v) is 49.1. The molecule has 25 heteroatoms. The second-order valence-corrected chi connectivity index (χ2v) is 19.5. The van der Waals surface area contributed by atoms with Crippen molar-refractivity contribution < 1.29 is 99.9 Å². The number of nitrogens with one attached hydrogen (secondary N) is 1. The molecule has 1 N–H and O–H groups in total. The molecule has 1 aromatic heterocycles. The number of aldehydes is 1. The van der Waals surface area contributed by atoms with E-state index >= 15 is 0 Å². The normalized spacial score (nSPS) is 18.2. The highest BCUT2D eigenvalue weighted by atomic mass is 35.5. The summed E-state index contributed by atoms with van der Waals surface area (Å²) in [5, 5.41) is 4.01. The molecular weight excluding hydrogens is 1130 g/mol. The molecule has 2 amide bonds. The second-order valence-electron chi connectivity index (χ2n) is 19.2. The quantitative estimate of drug-likeness (QED) is 0.0153. The summed E-state index contributed by atoms with van der Waals surface area (Å²) in [6.07, 6.45) is -3.36. The zero-order chi connectivity index (χ0) is 60.9. The van der Waals surface area contributed by atoms with E-state index in [2.05, 4.69) is 10.3 Å². The van der Waals surface area contributed by atoms with E-state index in [-0.39, 0.29) is 53.9 Å². The van der Waals surface area contributed by atoms with E-state index in [1.165, 1.54) is 25.1 Å². The Hall–Kier alpha value is -7.13. The Morgan fingerprint density at radius 2 is 1.21 bits per heavy atom. The van der Waals surface area contributed by atoms with Gasteiger partial charge in [-0.2, -0.15) is 0 Å². The molecule has 462 valence electrons. The van der Waals surface area contributed by atoms with Gasteiger partial charge in [-0.3, -0.25) is 33.6 Å². The first-order valence-electron chi connectivity index (χ1n) is 27.7. The molecule has 3 aromatic carbocycles. The molecule has 2 aliphatic heterocycles. The molecule has 1 fully saturated rings. The first-order valence-corrected chi connectivity index (χ1v) is 28.3. The number of hydrogen-bond donors (Lipinski definition) is 1. The number of amides is 2. The highest BCUT2D eigenvalue weighted by Crippen LogP contribution is 2.46. The minimum atomic E-state index is -1.52. The maximum absolute atomic E-state index is 14.2. The van der Waals surface area contributed by atoms with Gasteiger partial charge in [-0.05, 0) is 53.3 Å². The van der Waals surface area contributed by atoms with Crippen LogP contribution >= 0.6 is 11.6 Å². The monoisotopic (exact) mass is 1210 g/mol. The van der Waals surface area contributed by atoms with Gasteiger partial charge in [0.25, 0.3) is 11.8 Å². The van der Waals surface area contributed by atoms with E-state index in [0.29, 0.717) is 128 Å². The van der Waals surface area contributed by atoms with Gasteiger partial charge in [0.15, 0.2) is 18.5 Å². The van der Waals surface area contributed by atoms with Crippen molar-refractivity contribution in [3.8, 4) is 11.5 Å². The van der Waals surface area contributed by atoms with Crippen molar-refractivity contribution in [2.24, 2.45) is 0 Å². The number of rotatable bonds is 37. The highest BCUT2D eigenvalue weighted by molar-refractivity contribution is 6.19. The number of alkyl halides is 1. The molecule has 4 aromatic rings. The number of ether oxygens (including phenoxy) is 14. The summed E-state index contributed by atoms with van der Waals surface area (Å²) >= 11 is 6.58. The average Bonchev–Trinajstić information content (AvgIpc) is 2.57. The fourth-order valence-corrected chi connectivity index (χ4v) is 9.24. The van der Waals surface area contributed by atoms with E-state index in [0.717, 1.165) is 37.3 Å². The van der Waals surface area contributed by atoms with Gasteiger partial charge in [0.05, 0.1) is 98.2 Å². The van der Waals surface area contributed by atoms with Gasteiger partial charge in [-0.1, -0.05) is 42.5 Å². The predicted octanol–water partition coefficient (Wildman–Crippen LogP) is 5.13. The maximum Gasteiger partial charge on any atom is 0.303 e. The van der Waals surface area contributed by atoms with Gasteiger partial charge in [-0.15, -0.1) is 11.6 Å². The Morgan fingerprint density at radius 1 is 0.647 bits per heavy atom. The molecule has 0 spiro atoms. The third-order valence-electron chi connectivity index (χ3n) is 12.8. The fourth-order valence-electron chi connectivity index (χ4n) is 8.99. The van der Waals surface area contributed by atoms with Crippen LogP contribution in [0.25, 0.3) is 16.8 Å². The van der Waals surface area contributed by atoms with Crippen LogP contribution in [0.1, 0.15) is 71.3 Å². The van der Waals surface area contributed by atoms with Crippen LogP contribution in [0.15, 0.2) is 72.8 Å². The Balaban J connectivity index is 0.881. The van der Waals surface area contributed by atoms with Crippen LogP contribution < -0.4 is 19.7 Å². The Morgan fingerprint density at radius 3 is 1.79 bits per heavy atom. The van der Waals surface area contributed by atoms with Gasteiger partial charge < -0.3 is 76.5 Å². The third-order valence-corrected chi connectivity index (χ3v) is 13.1. The van der Waals surface area contributed by atoms with Gasteiger partial charge in [0.2, 0.25) is 12.4 Å². The number of benzene rings is 3. The van der Waals surface area contributed by atoms with Crippen LogP contribution in [0.4, 0.5) is 5.69 Å². The van der Waals surface area contributed by atoms with Crippen LogP contribution in [-0.4, -0.2) is 202 Å². The number of fused-ring (bicyclic) bond motifs is 3. The van der Waals surface area contributed by atoms with E-state index in [9.17, 15) is 33.6 Å². The summed E-state index contributed by atoms with van der Waals surface area (Å²) in [6, 6.07) is 19.2. The van der Waals surface area contributed by atoms with Crippen molar-refractivity contribution in [3.63, 3.8) is 0 Å². The number of halogens is 1. The molecule has 1 saturated heterocycles. The summed E-state index contributed by atoms with van der Waals surface area (Å²) in [4.78, 5) is 92.0. The predicted molar refractivity (Wildman–Crippen MR) is 306 cm³/mol. The number of aryl methyl sites for hydroxylation is 1. The average molecular weight is 1210 g/mol. The Labute approximate surface area is 497 Å². The molecule has 0 saturated carbocycles. The first kappa shape index (κ1) is 67.0. The lowest BCUT2D eigenvalue weighted by atomic mass is 9.95. The lowest BCUT2D eigenvalue weighted by Crippen LogP contribution is -2.63. The van der Waals surface area contributed by atoms with E-state index in [1.807, 2.05) is 37.3 Å². The molecular formula is C60H74ClN3O21. The molecule has 24 nitrogen and oxygen atoms in total. The topological polar surface area (TPSA) is 277 Å². The van der Waals surface area contributed by atoms with Crippen molar-refractivity contribution in [1.82, 2.24) is 10.3 Å². The van der Waals surface area contributed by atoms with E-state index in [1.54, 1.807) is 35.2 Å². The SMILES string of the molecule is CC(=O)OC[C@H]1O[C@@H](Oc2cc3c(c4ccccc24)[C@H](CCl)CN3C(=O)/C=C/c2ccc(C)c(OCCOCCOCCOCCOCCOCCOCCOCCNC(=O)c3cccc(C=O)n3)c2)[C@H](OC(C)=O)[C@@H](OC(C)=O)[C@H]1OC(C)=O. The van der Waals surface area contributed by atoms with Gasteiger partial charge in [0, 0.05) is 70.1 Å². The van der Waals surface area contributed by atoms with Crippen molar-refractivity contribution in [3.05, 3.63) is 101 Å². The number of aromatic nitrogens is 1. The molecule has 85 heavy (non-hydrogen) atoms. The Bertz CT molecular complexity index is 2870. The molecule has 0 radical (unpaired) electrons. The van der Waals surface area contributed by atoms with E-state index < -0.39 is 61.2 Å². The van der Waals surface area contributed by atoms with Gasteiger partial charge >= 0.3 is 23.9 Å². The van der Waals surface area contributed by atoms with Crippen molar-refractivity contribution in [2.75, 3.05) is 130 Å². The number of pyridine rings is 1. The van der Waals surface area contributed by atoms with Crippen LogP contribution in [0.3, 0.4) is 0 Å². The van der Waals surface area contributed by atoms with Crippen molar-refractivity contribution >= 4 is 76.1 Å². The minimum Gasteiger partial charge on any atom is -0.491 e. The highest BCUT2D eigenvalue weighted by Gasteiger charge is 2.53. The third kappa shape index (κ3) is 21.7. The summed E-state index contributed by atoms with van der Waals surface area (Å²) in [7, 11) is 0. The first-order chi connectivity index (χ1) is 41.2. The van der Waals surface area contributed by atoms with Crippen LogP contribution in [0.5, 0.6) is 11.5 Å². The molecule has 2 aliphatic rings. The number of esters is 4. The second kappa shape index (κ2) is 36.0. The van der Waals surface area contributed by atoms with E-state index in [4.69, 9.17) is 77.9 Å². The molecule has 3 heterocycles. The summed E-state index contributed by atoms with van der Waals surface area (Å²) in [5.74, 6) is -2.99. The number of anilines is 1. The van der Waals surface area contributed by atoms with Crippen molar-refractivity contribution in [1.29, 1.82) is 0 Å². The standard InChI is InChI=1S/C60H74ClN3O21/c1-39-13-14-44(33-51(39)79-32-31-78-30-29-77-28-27-76-26-25-75-24-23-74-22-21-73-20-19-72-18-17-62-59(71)49-12-8-9-46(37-65)63-49)15-16-54(70)64-36-45(35-61)55-48-11-7-6-10-47(48)52(34-50(55)64)84-60-58(83-43(5)69)57(82-42(4)68)56(81-41(3)67)53(85-60)38-80-40(2)66/h6-16,33-34,37,45,53,56-58,60H,17-32,35-36,38H2,1-5H3,(H,62,71)/b16-15+/t45-,53-,56+,57+,58-,60-/m1/s1. The molecule has 0 aliphatic carbocycles. The summed E-state index contributed by atoms with van der Waals surface area (Å²) in [6.45, 7) is 12.2. The van der Waals surface area contributed by atoms with Gasteiger partial charge in [0.1, 0.15) is 42.2 Å². The number of carbonyl (C=O) groups is 7. The largest absolute Gasteiger partial charge is 0.491 e. The zero-order valence-electron chi connectivity index (χ0n) is 48.3. The molecule has 6 atom stereocenters. The molecule has 6 rings (SSSR count). The Kier molecular flexibility index (Phi) is 28.4. The molecule has 0 unspecified atom stereocenters.